The van der Waals surface area contributed by atoms with E-state index in [1.54, 1.807) is 0 Å². The van der Waals surface area contributed by atoms with Gasteiger partial charge in [0.05, 0.1) is 18.7 Å². The molecule has 1 aliphatic rings. The Balaban J connectivity index is 1.57. The van der Waals surface area contributed by atoms with Crippen molar-refractivity contribution in [2.45, 2.75) is 65.4 Å². The van der Waals surface area contributed by atoms with Crippen LogP contribution < -0.4 is 4.74 Å². The lowest BCUT2D eigenvalue weighted by Crippen LogP contribution is -2.10. The summed E-state index contributed by atoms with van der Waals surface area (Å²) in [4.78, 5) is 20.3. The highest BCUT2D eigenvalue weighted by Gasteiger charge is 2.26. The van der Waals surface area contributed by atoms with Gasteiger partial charge in [0.25, 0.3) is 0 Å². The number of fused-ring (bicyclic) bond motifs is 3. The van der Waals surface area contributed by atoms with E-state index in [-0.39, 0.29) is 11.9 Å². The molecule has 0 fully saturated rings. The third kappa shape index (κ3) is 4.50. The lowest BCUT2D eigenvalue weighted by atomic mass is 9.90. The molecule has 0 saturated heterocycles. The number of H-pyrrole nitrogens is 1. The Labute approximate surface area is 177 Å². The first-order valence-corrected chi connectivity index (χ1v) is 10.9. The zero-order chi connectivity index (χ0) is 21.1. The Morgan fingerprint density at radius 3 is 2.87 bits per heavy atom. The van der Waals surface area contributed by atoms with E-state index in [0.717, 1.165) is 48.3 Å². The van der Waals surface area contributed by atoms with E-state index in [1.165, 1.54) is 22.2 Å². The Morgan fingerprint density at radius 2 is 2.07 bits per heavy atom. The highest BCUT2D eigenvalue weighted by Crippen LogP contribution is 2.39. The van der Waals surface area contributed by atoms with E-state index in [0.29, 0.717) is 19.6 Å². The summed E-state index contributed by atoms with van der Waals surface area (Å²) in [5.74, 6) is 0.925. The molecule has 1 atom stereocenters. The van der Waals surface area contributed by atoms with Crippen molar-refractivity contribution in [3.8, 4) is 5.75 Å². The monoisotopic (exact) mass is 406 g/mol. The van der Waals surface area contributed by atoms with Crippen LogP contribution in [0.5, 0.6) is 5.75 Å². The van der Waals surface area contributed by atoms with Crippen LogP contribution in [0.15, 0.2) is 30.3 Å². The lowest BCUT2D eigenvalue weighted by molar-refractivity contribution is -0.143. The normalized spacial score (nSPS) is 16.2. The summed E-state index contributed by atoms with van der Waals surface area (Å²) < 4.78 is 11.3. The van der Waals surface area contributed by atoms with Crippen LogP contribution in [0.1, 0.15) is 66.7 Å². The van der Waals surface area contributed by atoms with Crippen LogP contribution in [-0.4, -0.2) is 22.5 Å². The minimum Gasteiger partial charge on any atom is -0.487 e. The second-order valence-corrected chi connectivity index (χ2v) is 8.24. The molecular weight excluding hydrogens is 376 g/mol. The standard InChI is InChI=1S/C25H30N2O3/c1-4-29-24(28)13-18-7-5-6-8-22-25(18)21-10-9-20(14-23(21)27-22)30-15-19-12-16(2)11-17(3)26-19/h9-12,14,18,27H,4-8,13,15H2,1-3H3. The Kier molecular flexibility index (Phi) is 6.07. The molecule has 0 amide bonds. The van der Waals surface area contributed by atoms with Gasteiger partial charge in [-0.15, -0.1) is 0 Å². The van der Waals surface area contributed by atoms with E-state index in [9.17, 15) is 4.79 Å². The summed E-state index contributed by atoms with van der Waals surface area (Å²) in [6, 6.07) is 10.3. The van der Waals surface area contributed by atoms with Gasteiger partial charge in [0.1, 0.15) is 12.4 Å². The molecule has 1 N–H and O–H groups in total. The highest BCUT2D eigenvalue weighted by atomic mass is 16.5. The summed E-state index contributed by atoms with van der Waals surface area (Å²) in [7, 11) is 0. The number of carbonyl (C=O) groups is 1. The molecular formula is C25H30N2O3. The molecule has 0 radical (unpaired) electrons. The van der Waals surface area contributed by atoms with Gasteiger partial charge < -0.3 is 14.5 Å². The number of hydrogen-bond donors (Lipinski definition) is 1. The Hall–Kier alpha value is -2.82. The molecule has 1 unspecified atom stereocenters. The smallest absolute Gasteiger partial charge is 0.306 e. The molecule has 0 saturated carbocycles. The maximum atomic E-state index is 12.2. The quantitative estimate of drug-likeness (QED) is 0.432. The number of carbonyl (C=O) groups excluding carboxylic acids is 1. The molecule has 3 aromatic rings. The van der Waals surface area contributed by atoms with Crippen molar-refractivity contribution in [3.63, 3.8) is 0 Å². The SMILES string of the molecule is CCOC(=O)CC1CCCCc2[nH]c3cc(OCc4cc(C)cc(C)n4)ccc3c21. The summed E-state index contributed by atoms with van der Waals surface area (Å²) >= 11 is 0. The van der Waals surface area contributed by atoms with Gasteiger partial charge in [-0.3, -0.25) is 9.78 Å². The van der Waals surface area contributed by atoms with Crippen LogP contribution in [0.25, 0.3) is 10.9 Å². The summed E-state index contributed by atoms with van der Waals surface area (Å²) in [5, 5.41) is 1.19. The lowest BCUT2D eigenvalue weighted by Gasteiger charge is -2.15. The van der Waals surface area contributed by atoms with E-state index >= 15 is 0 Å². The maximum Gasteiger partial charge on any atom is 0.306 e. The molecule has 1 aromatic carbocycles. The largest absolute Gasteiger partial charge is 0.487 e. The van der Waals surface area contributed by atoms with Gasteiger partial charge in [-0.1, -0.05) is 6.42 Å². The van der Waals surface area contributed by atoms with E-state index in [4.69, 9.17) is 9.47 Å². The van der Waals surface area contributed by atoms with Crippen molar-refractivity contribution < 1.29 is 14.3 Å². The summed E-state index contributed by atoms with van der Waals surface area (Å²) in [5.41, 5.74) is 6.75. The highest BCUT2D eigenvalue weighted by molar-refractivity contribution is 5.87. The topological polar surface area (TPSA) is 64.2 Å². The van der Waals surface area contributed by atoms with Gasteiger partial charge in [-0.2, -0.15) is 0 Å². The van der Waals surface area contributed by atoms with Crippen molar-refractivity contribution >= 4 is 16.9 Å². The fourth-order valence-corrected chi connectivity index (χ4v) is 4.63. The predicted octanol–water partition coefficient (Wildman–Crippen LogP) is 5.52. The van der Waals surface area contributed by atoms with Gasteiger partial charge in [-0.25, -0.2) is 0 Å². The minimum absolute atomic E-state index is 0.106. The van der Waals surface area contributed by atoms with Crippen LogP contribution in [0, 0.1) is 13.8 Å². The van der Waals surface area contributed by atoms with Crippen LogP contribution >= 0.6 is 0 Å². The number of aromatic nitrogens is 2. The fraction of sp³-hybridized carbons (Fsp3) is 0.440. The molecule has 5 nitrogen and oxygen atoms in total. The minimum atomic E-state index is -0.106. The third-order valence-electron chi connectivity index (χ3n) is 5.79. The molecule has 0 bridgehead atoms. The zero-order valence-corrected chi connectivity index (χ0v) is 18.1. The number of nitrogens with one attached hydrogen (secondary N) is 1. The number of aromatic amines is 1. The first-order chi connectivity index (χ1) is 14.5. The van der Waals surface area contributed by atoms with E-state index < -0.39 is 0 Å². The van der Waals surface area contributed by atoms with Gasteiger partial charge in [-0.05, 0) is 81.3 Å². The fourth-order valence-electron chi connectivity index (χ4n) is 4.63. The Bertz CT molecular complexity index is 1030. The zero-order valence-electron chi connectivity index (χ0n) is 18.1. The third-order valence-corrected chi connectivity index (χ3v) is 5.79. The van der Waals surface area contributed by atoms with Crippen molar-refractivity contribution in [2.75, 3.05) is 6.61 Å². The molecule has 30 heavy (non-hydrogen) atoms. The molecule has 1 aliphatic carbocycles. The average Bonchev–Trinajstić information content (AvgIpc) is 2.94. The predicted molar refractivity (Wildman–Crippen MR) is 118 cm³/mol. The second-order valence-electron chi connectivity index (χ2n) is 8.24. The molecule has 0 spiro atoms. The molecule has 158 valence electrons. The number of ether oxygens (including phenoxy) is 2. The maximum absolute atomic E-state index is 12.2. The van der Waals surface area contributed by atoms with Gasteiger partial charge >= 0.3 is 5.97 Å². The molecule has 0 aliphatic heterocycles. The molecule has 2 heterocycles. The average molecular weight is 407 g/mol. The van der Waals surface area contributed by atoms with Gasteiger partial charge in [0, 0.05) is 28.4 Å². The second kappa shape index (κ2) is 8.90. The summed E-state index contributed by atoms with van der Waals surface area (Å²) in [6.07, 6.45) is 4.77. The van der Waals surface area contributed by atoms with Crippen molar-refractivity contribution in [1.29, 1.82) is 0 Å². The van der Waals surface area contributed by atoms with Crippen LogP contribution in [0.2, 0.25) is 0 Å². The number of esters is 1. The van der Waals surface area contributed by atoms with Crippen molar-refractivity contribution in [2.24, 2.45) is 0 Å². The number of nitrogens with zero attached hydrogens (tertiary/aromatic N) is 1. The molecule has 4 rings (SSSR count). The first-order valence-electron chi connectivity index (χ1n) is 10.9. The molecule has 5 heteroatoms. The van der Waals surface area contributed by atoms with E-state index in [2.05, 4.69) is 41.2 Å². The van der Waals surface area contributed by atoms with Gasteiger partial charge in [0.2, 0.25) is 0 Å². The van der Waals surface area contributed by atoms with Crippen molar-refractivity contribution in [3.05, 3.63) is 58.5 Å². The summed E-state index contributed by atoms with van der Waals surface area (Å²) in [6.45, 7) is 6.81. The van der Waals surface area contributed by atoms with E-state index in [1.807, 2.05) is 19.9 Å². The number of aryl methyl sites for hydroxylation is 3. The van der Waals surface area contributed by atoms with Crippen molar-refractivity contribution in [1.82, 2.24) is 9.97 Å². The number of pyridine rings is 1. The first kappa shape index (κ1) is 20.5. The number of rotatable bonds is 6. The number of benzene rings is 1. The van der Waals surface area contributed by atoms with Gasteiger partial charge in [0.15, 0.2) is 0 Å². The molecule has 2 aromatic heterocycles. The van der Waals surface area contributed by atoms with Crippen LogP contribution in [0.3, 0.4) is 0 Å². The number of hydrogen-bond acceptors (Lipinski definition) is 4. The Morgan fingerprint density at radius 1 is 1.20 bits per heavy atom. The van der Waals surface area contributed by atoms with Crippen LogP contribution in [-0.2, 0) is 22.6 Å². The van der Waals surface area contributed by atoms with Crippen LogP contribution in [0.4, 0.5) is 0 Å².